The number of esters is 1. The lowest BCUT2D eigenvalue weighted by Crippen LogP contribution is -2.08. The second kappa shape index (κ2) is 10.4. The van der Waals surface area contributed by atoms with E-state index in [1.54, 1.807) is 0 Å². The van der Waals surface area contributed by atoms with Crippen LogP contribution in [0.3, 0.4) is 0 Å². The molecule has 2 aromatic rings. The van der Waals surface area contributed by atoms with Crippen molar-refractivity contribution in [3.63, 3.8) is 0 Å². The molecule has 0 saturated carbocycles. The van der Waals surface area contributed by atoms with Gasteiger partial charge < -0.3 is 4.74 Å². The molecular formula is C24H29BrO2S2. The maximum absolute atomic E-state index is 12.2. The molecule has 0 radical (unpaired) electrons. The number of hydrogen-bond donors (Lipinski definition) is 0. The fourth-order valence-corrected chi connectivity index (χ4v) is 7.40. The molecule has 0 spiro atoms. The van der Waals surface area contributed by atoms with Gasteiger partial charge in [0.1, 0.15) is 5.75 Å². The number of carbonyl (C=O) groups excluding carboxylic acids is 1. The zero-order chi connectivity index (χ0) is 21.0. The molecule has 1 saturated heterocycles. The van der Waals surface area contributed by atoms with Gasteiger partial charge in [0.25, 0.3) is 0 Å². The van der Waals surface area contributed by atoms with Crippen LogP contribution >= 0.6 is 37.5 Å². The van der Waals surface area contributed by atoms with Crippen LogP contribution in [0.2, 0.25) is 0 Å². The molecule has 1 atom stereocenters. The van der Waals surface area contributed by atoms with E-state index in [1.165, 1.54) is 50.9 Å². The van der Waals surface area contributed by atoms with Gasteiger partial charge in [-0.05, 0) is 92.5 Å². The van der Waals surface area contributed by atoms with E-state index in [9.17, 15) is 4.79 Å². The highest BCUT2D eigenvalue weighted by molar-refractivity contribution is 9.10. The molecule has 1 unspecified atom stereocenters. The first kappa shape index (κ1) is 22.8. The highest BCUT2D eigenvalue weighted by Gasteiger charge is 2.17. The summed E-state index contributed by atoms with van der Waals surface area (Å²) in [7, 11) is 3.98. The molecule has 0 aromatic heterocycles. The zero-order valence-corrected chi connectivity index (χ0v) is 20.9. The van der Waals surface area contributed by atoms with Crippen LogP contribution in [-0.4, -0.2) is 17.0 Å². The Morgan fingerprint density at radius 1 is 1.03 bits per heavy atom. The standard InChI is InChI=1S/C24H29BrO2S2/c1-15-17(3)24(25)18(4)16(2)23(15)19-9-11-20(12-10-19)27-22(26)8-6-5-7-21-13-14-28-29-21/h9-12,21H,5-8,13-14H2,1-4H3. The van der Waals surface area contributed by atoms with Gasteiger partial charge in [0.15, 0.2) is 0 Å². The van der Waals surface area contributed by atoms with Gasteiger partial charge in [-0.2, -0.15) is 0 Å². The van der Waals surface area contributed by atoms with E-state index < -0.39 is 0 Å². The first-order chi connectivity index (χ1) is 13.9. The normalized spacial score (nSPS) is 16.2. The van der Waals surface area contributed by atoms with E-state index >= 15 is 0 Å². The van der Waals surface area contributed by atoms with Crippen molar-refractivity contribution < 1.29 is 9.53 Å². The lowest BCUT2D eigenvalue weighted by Gasteiger charge is -2.18. The van der Waals surface area contributed by atoms with Gasteiger partial charge in [-0.25, -0.2) is 0 Å². The van der Waals surface area contributed by atoms with Crippen molar-refractivity contribution in [2.24, 2.45) is 0 Å². The zero-order valence-electron chi connectivity index (χ0n) is 17.6. The van der Waals surface area contributed by atoms with Crippen molar-refractivity contribution >= 4 is 43.5 Å². The van der Waals surface area contributed by atoms with E-state index in [0.717, 1.165) is 23.7 Å². The second-order valence-corrected chi connectivity index (χ2v) is 11.3. The highest BCUT2D eigenvalue weighted by Crippen LogP contribution is 2.40. The minimum Gasteiger partial charge on any atom is -0.427 e. The van der Waals surface area contributed by atoms with E-state index in [0.29, 0.717) is 12.2 Å². The van der Waals surface area contributed by atoms with Crippen LogP contribution in [0.4, 0.5) is 0 Å². The minimum atomic E-state index is -0.131. The van der Waals surface area contributed by atoms with Crippen molar-refractivity contribution in [1.82, 2.24) is 0 Å². The topological polar surface area (TPSA) is 26.3 Å². The van der Waals surface area contributed by atoms with E-state index in [4.69, 9.17) is 4.74 Å². The Kier molecular flexibility index (Phi) is 8.17. The van der Waals surface area contributed by atoms with Crippen molar-refractivity contribution in [3.05, 3.63) is 51.0 Å². The molecule has 156 valence electrons. The number of rotatable bonds is 7. The monoisotopic (exact) mass is 492 g/mol. The number of ether oxygens (including phenoxy) is 1. The van der Waals surface area contributed by atoms with E-state index in [-0.39, 0.29) is 5.97 Å². The number of hydrogen-bond acceptors (Lipinski definition) is 4. The molecule has 1 aliphatic heterocycles. The summed E-state index contributed by atoms with van der Waals surface area (Å²) < 4.78 is 6.74. The Labute approximate surface area is 191 Å². The van der Waals surface area contributed by atoms with Gasteiger partial charge in [0.2, 0.25) is 0 Å². The van der Waals surface area contributed by atoms with Crippen molar-refractivity contribution in [3.8, 4) is 16.9 Å². The SMILES string of the molecule is Cc1c(C)c(-c2ccc(OC(=O)CCCCC3CCSS3)cc2)c(C)c(C)c1Br. The fraction of sp³-hybridized carbons (Fsp3) is 0.458. The summed E-state index contributed by atoms with van der Waals surface area (Å²) >= 11 is 3.71. The molecular weight excluding hydrogens is 464 g/mol. The molecule has 1 heterocycles. The van der Waals surface area contributed by atoms with Crippen LogP contribution in [0.15, 0.2) is 28.7 Å². The van der Waals surface area contributed by atoms with Crippen LogP contribution in [0.1, 0.15) is 54.4 Å². The minimum absolute atomic E-state index is 0.131. The summed E-state index contributed by atoms with van der Waals surface area (Å²) in [5.41, 5.74) is 7.53. The summed E-state index contributed by atoms with van der Waals surface area (Å²) in [6.45, 7) is 8.63. The lowest BCUT2D eigenvalue weighted by atomic mass is 9.90. The average Bonchev–Trinajstić information content (AvgIpc) is 3.23. The predicted octanol–water partition coefficient (Wildman–Crippen LogP) is 7.97. The molecule has 2 aromatic carbocycles. The molecule has 1 aliphatic rings. The Hall–Kier alpha value is -0.910. The van der Waals surface area contributed by atoms with Crippen LogP contribution < -0.4 is 4.74 Å². The third-order valence-electron chi connectivity index (χ3n) is 5.79. The number of benzene rings is 2. The fourth-order valence-electron chi connectivity index (χ4n) is 3.78. The first-order valence-electron chi connectivity index (χ1n) is 10.2. The van der Waals surface area contributed by atoms with Crippen LogP contribution in [0, 0.1) is 27.7 Å². The van der Waals surface area contributed by atoms with Gasteiger partial charge >= 0.3 is 5.97 Å². The van der Waals surface area contributed by atoms with E-state index in [1.807, 2.05) is 33.7 Å². The predicted molar refractivity (Wildman–Crippen MR) is 131 cm³/mol. The summed E-state index contributed by atoms with van der Waals surface area (Å²) in [6, 6.07) is 7.93. The Bertz CT molecular complexity index is 842. The average molecular weight is 494 g/mol. The number of carbonyl (C=O) groups is 1. The first-order valence-corrected chi connectivity index (χ1v) is 13.4. The molecule has 1 fully saturated rings. The second-order valence-electron chi connectivity index (χ2n) is 7.76. The van der Waals surface area contributed by atoms with Crippen molar-refractivity contribution in [2.45, 2.75) is 65.0 Å². The molecule has 5 heteroatoms. The molecule has 3 rings (SSSR count). The van der Waals surface area contributed by atoms with Gasteiger partial charge in [0, 0.05) is 21.9 Å². The van der Waals surface area contributed by atoms with Crippen molar-refractivity contribution in [2.75, 3.05) is 5.75 Å². The third kappa shape index (κ3) is 5.62. The third-order valence-corrected chi connectivity index (χ3v) is 9.99. The smallest absolute Gasteiger partial charge is 0.311 e. The largest absolute Gasteiger partial charge is 0.427 e. The lowest BCUT2D eigenvalue weighted by molar-refractivity contribution is -0.134. The summed E-state index contributed by atoms with van der Waals surface area (Å²) in [6.07, 6.45) is 5.03. The molecule has 0 N–H and O–H groups in total. The molecule has 0 amide bonds. The van der Waals surface area contributed by atoms with Crippen LogP contribution in [0.25, 0.3) is 11.1 Å². The molecule has 29 heavy (non-hydrogen) atoms. The quantitative estimate of drug-likeness (QED) is 0.169. The maximum Gasteiger partial charge on any atom is 0.311 e. The van der Waals surface area contributed by atoms with Gasteiger partial charge in [-0.3, -0.25) is 4.79 Å². The maximum atomic E-state index is 12.2. The molecule has 2 nitrogen and oxygen atoms in total. The Morgan fingerprint density at radius 2 is 1.69 bits per heavy atom. The van der Waals surface area contributed by atoms with Gasteiger partial charge in [-0.15, -0.1) is 0 Å². The molecule has 0 aliphatic carbocycles. The Balaban J connectivity index is 1.58. The summed E-state index contributed by atoms with van der Waals surface area (Å²) in [5.74, 6) is 1.77. The summed E-state index contributed by atoms with van der Waals surface area (Å²) in [4.78, 5) is 12.2. The van der Waals surface area contributed by atoms with Crippen LogP contribution in [0.5, 0.6) is 5.75 Å². The van der Waals surface area contributed by atoms with Gasteiger partial charge in [0.05, 0.1) is 0 Å². The van der Waals surface area contributed by atoms with E-state index in [2.05, 4.69) is 55.8 Å². The van der Waals surface area contributed by atoms with Crippen molar-refractivity contribution in [1.29, 1.82) is 0 Å². The number of unbranched alkanes of at least 4 members (excludes halogenated alkanes) is 1. The van der Waals surface area contributed by atoms with Gasteiger partial charge in [-0.1, -0.05) is 56.1 Å². The molecule has 0 bridgehead atoms. The Morgan fingerprint density at radius 3 is 2.28 bits per heavy atom. The van der Waals surface area contributed by atoms with Crippen LogP contribution in [-0.2, 0) is 4.79 Å². The summed E-state index contributed by atoms with van der Waals surface area (Å²) in [5, 5.41) is 0.779. The highest BCUT2D eigenvalue weighted by atomic mass is 79.9. The number of halogens is 1.